The fourth-order valence-corrected chi connectivity index (χ4v) is 7.22. The molecule has 2 heterocycles. The van der Waals surface area contributed by atoms with Gasteiger partial charge in [-0.2, -0.15) is 0 Å². The smallest absolute Gasteiger partial charge is 0.329 e. The van der Waals surface area contributed by atoms with Crippen LogP contribution in [0.15, 0.2) is 85.1 Å². The van der Waals surface area contributed by atoms with Gasteiger partial charge in [-0.3, -0.25) is 28.8 Å². The standard InChI is InChI=1S/C45H55N7O9/c1-25(2)19-34(47-24-53)40(55)52-39-27(5)61-45(60)37(22-30-23-46-33-14-10-9-13-32(30)33)50-41(56)35(21-29-15-17-31(54)18-16-29)48-43(58)38(26(3)4)51-42(57)36(49-44(39)59)20-28-11-7-6-8-12-28/h6-18,23-27,34-39,46,54H,19-22H2,1-5H3,(H,47,53)(H,48,58)(H,49,59)(H,50,56)(H,51,57)(H,52,55)/t27-,34-,35+,36-,37+,38-,39+/m1/s1. The molecule has 4 aromatic rings. The molecule has 0 radical (unpaired) electrons. The van der Waals surface area contributed by atoms with Crippen LogP contribution in [-0.2, 0) is 57.6 Å². The van der Waals surface area contributed by atoms with E-state index in [1.807, 2.05) is 38.1 Å². The van der Waals surface area contributed by atoms with Crippen LogP contribution in [0.25, 0.3) is 10.9 Å². The molecule has 1 saturated heterocycles. The summed E-state index contributed by atoms with van der Waals surface area (Å²) in [5, 5.41) is 26.9. The van der Waals surface area contributed by atoms with Crippen molar-refractivity contribution in [3.05, 3.63) is 102 Å². The number of aromatic amines is 1. The first kappa shape index (κ1) is 45.4. The maximum Gasteiger partial charge on any atom is 0.329 e. The van der Waals surface area contributed by atoms with Crippen molar-refractivity contribution >= 4 is 52.8 Å². The molecule has 0 saturated carbocycles. The first-order valence-corrected chi connectivity index (χ1v) is 20.4. The minimum Gasteiger partial charge on any atom is -0.508 e. The van der Waals surface area contributed by atoms with Gasteiger partial charge in [-0.1, -0.05) is 88.4 Å². The topological polar surface area (TPSA) is 237 Å². The minimum atomic E-state index is -1.60. The van der Waals surface area contributed by atoms with Gasteiger partial charge in [-0.15, -0.1) is 0 Å². The number of nitrogens with one attached hydrogen (secondary N) is 7. The fourth-order valence-electron chi connectivity index (χ4n) is 7.22. The Labute approximate surface area is 354 Å². The summed E-state index contributed by atoms with van der Waals surface area (Å²) in [4.78, 5) is 100. The van der Waals surface area contributed by atoms with Gasteiger partial charge in [0.1, 0.15) is 48.1 Å². The Kier molecular flexibility index (Phi) is 15.6. The fraction of sp³-hybridized carbons (Fsp3) is 0.400. The van der Waals surface area contributed by atoms with Crippen molar-refractivity contribution in [3.63, 3.8) is 0 Å². The van der Waals surface area contributed by atoms with E-state index in [1.54, 1.807) is 62.5 Å². The van der Waals surface area contributed by atoms with E-state index in [0.717, 1.165) is 10.9 Å². The van der Waals surface area contributed by atoms with Crippen LogP contribution in [-0.4, -0.2) is 94.4 Å². The van der Waals surface area contributed by atoms with Crippen LogP contribution in [0.4, 0.5) is 0 Å². The third kappa shape index (κ3) is 12.4. The molecule has 7 atom stereocenters. The number of esters is 1. The number of amides is 6. The van der Waals surface area contributed by atoms with Gasteiger partial charge < -0.3 is 46.7 Å². The monoisotopic (exact) mass is 837 g/mol. The van der Waals surface area contributed by atoms with Crippen LogP contribution < -0.4 is 31.9 Å². The molecular formula is C45H55N7O9. The summed E-state index contributed by atoms with van der Waals surface area (Å²) in [6, 6.07) is 14.5. The lowest BCUT2D eigenvalue weighted by atomic mass is 9.98. The summed E-state index contributed by atoms with van der Waals surface area (Å²) in [7, 11) is 0. The van der Waals surface area contributed by atoms with Crippen molar-refractivity contribution < 1.29 is 43.4 Å². The van der Waals surface area contributed by atoms with Crippen LogP contribution >= 0.6 is 0 Å². The lowest BCUT2D eigenvalue weighted by Gasteiger charge is -2.31. The first-order chi connectivity index (χ1) is 29.1. The highest BCUT2D eigenvalue weighted by atomic mass is 16.5. The van der Waals surface area contributed by atoms with Gasteiger partial charge in [0.05, 0.1) is 0 Å². The van der Waals surface area contributed by atoms with Crippen molar-refractivity contribution in [2.75, 3.05) is 0 Å². The molecule has 6 amide bonds. The summed E-state index contributed by atoms with van der Waals surface area (Å²) in [5.41, 5.74) is 2.68. The highest BCUT2D eigenvalue weighted by Crippen LogP contribution is 2.21. The van der Waals surface area contributed by atoms with Gasteiger partial charge in [-0.25, -0.2) is 4.79 Å². The van der Waals surface area contributed by atoms with Gasteiger partial charge in [0, 0.05) is 36.4 Å². The third-order valence-electron chi connectivity index (χ3n) is 10.5. The summed E-state index contributed by atoms with van der Waals surface area (Å²) in [5.74, 6) is -5.31. The number of fused-ring (bicyclic) bond motifs is 1. The molecule has 0 bridgehead atoms. The van der Waals surface area contributed by atoms with E-state index in [0.29, 0.717) is 23.1 Å². The maximum absolute atomic E-state index is 14.4. The lowest BCUT2D eigenvalue weighted by molar-refractivity contribution is -0.156. The molecule has 1 aliphatic rings. The molecule has 61 heavy (non-hydrogen) atoms. The van der Waals surface area contributed by atoms with Crippen LogP contribution in [0.5, 0.6) is 5.75 Å². The average Bonchev–Trinajstić information content (AvgIpc) is 3.63. The number of para-hydroxylation sites is 1. The number of carbonyl (C=O) groups excluding carboxylic acids is 7. The normalized spacial score (nSPS) is 22.4. The second kappa shape index (κ2) is 21.0. The molecule has 1 aromatic heterocycles. The van der Waals surface area contributed by atoms with Crippen molar-refractivity contribution in [3.8, 4) is 5.75 Å². The van der Waals surface area contributed by atoms with E-state index in [-0.39, 0.29) is 37.4 Å². The van der Waals surface area contributed by atoms with Gasteiger partial charge in [-0.05, 0) is 60.1 Å². The van der Waals surface area contributed by atoms with E-state index in [4.69, 9.17) is 4.74 Å². The van der Waals surface area contributed by atoms with Gasteiger partial charge in [0.25, 0.3) is 0 Å². The van der Waals surface area contributed by atoms with Crippen molar-refractivity contribution in [1.29, 1.82) is 0 Å². The Morgan fingerprint density at radius 1 is 0.738 bits per heavy atom. The van der Waals surface area contributed by atoms with Crippen molar-refractivity contribution in [2.24, 2.45) is 11.8 Å². The van der Waals surface area contributed by atoms with E-state index in [2.05, 4.69) is 36.9 Å². The Morgan fingerprint density at radius 3 is 1.97 bits per heavy atom. The second-order valence-corrected chi connectivity index (χ2v) is 16.1. The Morgan fingerprint density at radius 2 is 1.33 bits per heavy atom. The molecule has 0 unspecified atom stereocenters. The molecule has 0 aliphatic carbocycles. The number of aromatic hydroxyl groups is 1. The molecule has 8 N–H and O–H groups in total. The van der Waals surface area contributed by atoms with E-state index < -0.39 is 83.8 Å². The number of rotatable bonds is 13. The highest BCUT2D eigenvalue weighted by Gasteiger charge is 2.39. The zero-order valence-corrected chi connectivity index (χ0v) is 34.9. The molecule has 1 aliphatic heterocycles. The summed E-state index contributed by atoms with van der Waals surface area (Å²) in [6.45, 7) is 8.53. The SMILES string of the molecule is CC(C)C[C@@H](NC=O)C(=O)N[C@@H]1C(=O)N[C@H](Cc2ccccc2)C(=O)N[C@H](C(C)C)C(=O)N[C@@H](Cc2ccc(O)cc2)C(=O)N[C@@H](Cc2c[nH]c3ccccc23)C(=O)O[C@@H]1C. The Balaban J connectivity index is 1.59. The van der Waals surface area contributed by atoms with E-state index in [1.165, 1.54) is 19.1 Å². The van der Waals surface area contributed by atoms with Gasteiger partial charge in [0.15, 0.2) is 0 Å². The number of benzene rings is 3. The number of phenols is 1. The summed E-state index contributed by atoms with van der Waals surface area (Å²) < 4.78 is 5.95. The molecule has 0 spiro atoms. The predicted molar refractivity (Wildman–Crippen MR) is 226 cm³/mol. The lowest BCUT2D eigenvalue weighted by Crippen LogP contribution is -2.63. The highest BCUT2D eigenvalue weighted by molar-refractivity contribution is 5.97. The first-order valence-electron chi connectivity index (χ1n) is 20.4. The van der Waals surface area contributed by atoms with Crippen LogP contribution in [0.2, 0.25) is 0 Å². The number of hydrogen-bond acceptors (Lipinski definition) is 9. The Hall–Kier alpha value is -6.71. The zero-order valence-electron chi connectivity index (χ0n) is 34.9. The van der Waals surface area contributed by atoms with Crippen LogP contribution in [0.1, 0.15) is 57.7 Å². The largest absolute Gasteiger partial charge is 0.508 e. The van der Waals surface area contributed by atoms with E-state index >= 15 is 0 Å². The number of H-pyrrole nitrogens is 1. The number of hydrogen-bond donors (Lipinski definition) is 8. The number of carbonyl (C=O) groups is 7. The van der Waals surface area contributed by atoms with Crippen molar-refractivity contribution in [2.45, 2.75) is 103 Å². The maximum atomic E-state index is 14.4. The van der Waals surface area contributed by atoms with Crippen molar-refractivity contribution in [1.82, 2.24) is 36.9 Å². The molecule has 16 heteroatoms. The number of phenolic OH excluding ortho intramolecular Hbond substituents is 1. The van der Waals surface area contributed by atoms with E-state index in [9.17, 15) is 38.7 Å². The second-order valence-electron chi connectivity index (χ2n) is 16.1. The molecule has 16 nitrogen and oxygen atoms in total. The average molecular weight is 838 g/mol. The predicted octanol–water partition coefficient (Wildman–Crippen LogP) is 2.09. The zero-order chi connectivity index (χ0) is 44.2. The van der Waals surface area contributed by atoms with Gasteiger partial charge >= 0.3 is 5.97 Å². The molecule has 5 rings (SSSR count). The molecule has 1 fully saturated rings. The van der Waals surface area contributed by atoms with Gasteiger partial charge in [0.2, 0.25) is 35.9 Å². The number of ether oxygens (including phenoxy) is 1. The van der Waals surface area contributed by atoms with Crippen LogP contribution in [0, 0.1) is 11.8 Å². The molecule has 324 valence electrons. The quantitative estimate of drug-likeness (QED) is 0.0726. The number of aromatic nitrogens is 1. The number of cyclic esters (lactones) is 1. The summed E-state index contributed by atoms with van der Waals surface area (Å²) in [6.07, 6.45) is 0.748. The summed E-state index contributed by atoms with van der Waals surface area (Å²) >= 11 is 0. The minimum absolute atomic E-state index is 0.00411. The molecular weight excluding hydrogens is 783 g/mol. The molecule has 3 aromatic carbocycles. The third-order valence-corrected chi connectivity index (χ3v) is 10.5. The van der Waals surface area contributed by atoms with Crippen LogP contribution in [0.3, 0.4) is 0 Å². The Bertz CT molecular complexity index is 2170.